The summed E-state index contributed by atoms with van der Waals surface area (Å²) in [4.78, 5) is 19.6. The quantitative estimate of drug-likeness (QED) is 0.322. The van der Waals surface area contributed by atoms with E-state index in [0.29, 0.717) is 34.8 Å². The zero-order valence-electron chi connectivity index (χ0n) is 19.2. The number of aryl methyl sites for hydroxylation is 2. The highest BCUT2D eigenvalue weighted by Crippen LogP contribution is 2.42. The molecule has 182 valence electrons. The van der Waals surface area contributed by atoms with Crippen molar-refractivity contribution in [2.75, 3.05) is 16.9 Å². The van der Waals surface area contributed by atoms with Crippen LogP contribution in [0.4, 0.5) is 31.8 Å². The van der Waals surface area contributed by atoms with Crippen molar-refractivity contribution in [2.24, 2.45) is 0 Å². The van der Waals surface area contributed by atoms with Crippen LogP contribution < -0.4 is 10.6 Å². The molecule has 4 aromatic rings. The second-order valence-corrected chi connectivity index (χ2v) is 10.7. The molecule has 0 saturated heterocycles. The van der Waals surface area contributed by atoms with Crippen LogP contribution in [0.2, 0.25) is 0 Å². The Morgan fingerprint density at radius 2 is 1.71 bits per heavy atom. The van der Waals surface area contributed by atoms with Crippen molar-refractivity contribution in [3.8, 4) is 0 Å². The number of alkyl halides is 2. The number of benzene rings is 1. The van der Waals surface area contributed by atoms with E-state index in [4.69, 9.17) is 0 Å². The minimum Gasteiger partial charge on any atom is -0.352 e. The van der Waals surface area contributed by atoms with Gasteiger partial charge in [-0.1, -0.05) is 6.07 Å². The van der Waals surface area contributed by atoms with Crippen molar-refractivity contribution >= 4 is 44.0 Å². The minimum absolute atomic E-state index is 0.116. The topological polar surface area (TPSA) is 126 Å². The van der Waals surface area contributed by atoms with Crippen molar-refractivity contribution in [2.45, 2.75) is 43.9 Å². The number of fused-ring (bicyclic) bond motifs is 1. The average Bonchev–Trinajstić information content (AvgIpc) is 3.51. The van der Waals surface area contributed by atoms with Gasteiger partial charge in [0.15, 0.2) is 21.3 Å². The summed E-state index contributed by atoms with van der Waals surface area (Å²) in [5.74, 6) is 1.17. The van der Waals surface area contributed by atoms with E-state index in [1.165, 1.54) is 0 Å². The fourth-order valence-corrected chi connectivity index (χ4v) is 4.82. The first-order valence-corrected chi connectivity index (χ1v) is 12.8. The van der Waals surface area contributed by atoms with Crippen molar-refractivity contribution in [3.05, 3.63) is 53.2 Å². The number of hydrogen-bond donors (Lipinski definition) is 3. The Hall–Kier alpha value is -3.67. The largest absolute Gasteiger partial charge is 0.352 e. The van der Waals surface area contributed by atoms with Crippen molar-refractivity contribution in [3.63, 3.8) is 0 Å². The van der Waals surface area contributed by atoms with Crippen LogP contribution in [-0.2, 0) is 9.84 Å². The molecule has 0 bridgehead atoms. The van der Waals surface area contributed by atoms with E-state index in [0.717, 1.165) is 30.4 Å². The van der Waals surface area contributed by atoms with Gasteiger partial charge in [0.2, 0.25) is 0 Å². The molecule has 1 saturated carbocycles. The van der Waals surface area contributed by atoms with Crippen molar-refractivity contribution in [1.29, 1.82) is 0 Å². The second kappa shape index (κ2) is 8.52. The van der Waals surface area contributed by atoms with Crippen LogP contribution in [0.5, 0.6) is 0 Å². The molecule has 3 heterocycles. The zero-order chi connectivity index (χ0) is 24.9. The summed E-state index contributed by atoms with van der Waals surface area (Å²) in [7, 11) is -3.57. The number of pyridine rings is 1. The summed E-state index contributed by atoms with van der Waals surface area (Å²) in [6, 6.07) is 8.55. The molecule has 1 fully saturated rings. The molecule has 0 radical (unpaired) electrons. The number of sulfone groups is 1. The lowest BCUT2D eigenvalue weighted by atomic mass is 10.1. The third-order valence-corrected chi connectivity index (χ3v) is 6.76. The molecule has 0 spiro atoms. The number of nitrogens with zero attached hydrogens (tertiary/aromatic N) is 4. The van der Waals surface area contributed by atoms with Crippen LogP contribution in [0.15, 0.2) is 35.2 Å². The van der Waals surface area contributed by atoms with Gasteiger partial charge in [0.25, 0.3) is 6.43 Å². The van der Waals surface area contributed by atoms with Crippen LogP contribution in [0.25, 0.3) is 11.2 Å². The minimum atomic E-state index is -3.57. The predicted molar refractivity (Wildman–Crippen MR) is 128 cm³/mol. The highest BCUT2D eigenvalue weighted by atomic mass is 32.2. The number of halogens is 2. The second-order valence-electron chi connectivity index (χ2n) is 8.67. The van der Waals surface area contributed by atoms with E-state index < -0.39 is 22.1 Å². The zero-order valence-corrected chi connectivity index (χ0v) is 20.0. The molecular formula is C23H23F2N7O2S. The molecule has 12 heteroatoms. The number of aromatic amines is 1. The lowest BCUT2D eigenvalue weighted by Gasteiger charge is -2.14. The molecule has 35 heavy (non-hydrogen) atoms. The van der Waals surface area contributed by atoms with Crippen LogP contribution in [0.1, 0.15) is 48.1 Å². The molecule has 1 aliphatic rings. The monoisotopic (exact) mass is 499 g/mol. The van der Waals surface area contributed by atoms with Gasteiger partial charge in [0.1, 0.15) is 23.0 Å². The van der Waals surface area contributed by atoms with Gasteiger partial charge in [-0.2, -0.15) is 0 Å². The summed E-state index contributed by atoms with van der Waals surface area (Å²) < 4.78 is 51.9. The number of H-pyrrole nitrogens is 1. The number of aromatic nitrogens is 5. The van der Waals surface area contributed by atoms with Gasteiger partial charge in [-0.3, -0.25) is 0 Å². The summed E-state index contributed by atoms with van der Waals surface area (Å²) in [6.07, 6.45) is 0.372. The standard InChI is InChI=1S/C23H23F2N7O2S/c1-11-8-18(27-12(2)26-11)29-19-10-16(20-22(30-19)32-23(31-20)21(24)25)28-15-7-6-14(13-4-5-13)9-17(15)35(3,33)34/h6-10,13,21H,4-5H2,1-3H3,(H3,26,27,28,29,30,31,32). The summed E-state index contributed by atoms with van der Waals surface area (Å²) in [5, 5.41) is 6.15. The van der Waals surface area contributed by atoms with Gasteiger partial charge >= 0.3 is 0 Å². The fourth-order valence-electron chi connectivity index (χ4n) is 3.95. The maximum absolute atomic E-state index is 13.4. The average molecular weight is 500 g/mol. The number of imidazole rings is 1. The first-order valence-electron chi connectivity index (χ1n) is 11.0. The highest BCUT2D eigenvalue weighted by Gasteiger charge is 2.26. The maximum atomic E-state index is 13.4. The third-order valence-electron chi connectivity index (χ3n) is 5.62. The van der Waals surface area contributed by atoms with E-state index in [9.17, 15) is 17.2 Å². The molecule has 0 amide bonds. The maximum Gasteiger partial charge on any atom is 0.295 e. The van der Waals surface area contributed by atoms with Gasteiger partial charge < -0.3 is 15.6 Å². The molecule has 0 atom stereocenters. The van der Waals surface area contributed by atoms with E-state index in [1.807, 2.05) is 13.0 Å². The Morgan fingerprint density at radius 3 is 2.37 bits per heavy atom. The van der Waals surface area contributed by atoms with E-state index >= 15 is 0 Å². The number of hydrogen-bond acceptors (Lipinski definition) is 8. The summed E-state index contributed by atoms with van der Waals surface area (Å²) in [5.41, 5.74) is 2.62. The molecule has 1 aliphatic carbocycles. The normalized spacial score (nSPS) is 14.0. The van der Waals surface area contributed by atoms with Gasteiger partial charge in [0, 0.05) is 24.1 Å². The predicted octanol–water partition coefficient (Wildman–Crippen LogP) is 5.07. The SMILES string of the molecule is Cc1cc(Nc2cc(Nc3ccc(C4CC4)cc3S(C)(=O)=O)c3nc(C(F)F)[nH]c3n2)nc(C)n1. The summed E-state index contributed by atoms with van der Waals surface area (Å²) >= 11 is 0. The molecule has 9 nitrogen and oxygen atoms in total. The highest BCUT2D eigenvalue weighted by molar-refractivity contribution is 7.90. The van der Waals surface area contributed by atoms with Crippen molar-refractivity contribution < 1.29 is 17.2 Å². The molecule has 3 aromatic heterocycles. The molecule has 1 aromatic carbocycles. The van der Waals surface area contributed by atoms with Crippen LogP contribution in [0, 0.1) is 13.8 Å². The van der Waals surface area contributed by atoms with E-state index in [-0.39, 0.29) is 16.1 Å². The van der Waals surface area contributed by atoms with Gasteiger partial charge in [-0.25, -0.2) is 37.1 Å². The van der Waals surface area contributed by atoms with Gasteiger partial charge in [0.05, 0.1) is 16.3 Å². The van der Waals surface area contributed by atoms with Gasteiger partial charge in [-0.15, -0.1) is 0 Å². The number of nitrogens with one attached hydrogen (secondary N) is 3. The van der Waals surface area contributed by atoms with E-state index in [1.54, 1.807) is 31.2 Å². The Balaban J connectivity index is 1.61. The first-order chi connectivity index (χ1) is 16.6. The number of rotatable bonds is 7. The first kappa shape index (κ1) is 23.1. The Bertz CT molecular complexity index is 1530. The lowest BCUT2D eigenvalue weighted by molar-refractivity contribution is 0.142. The Morgan fingerprint density at radius 1 is 0.971 bits per heavy atom. The van der Waals surface area contributed by atoms with E-state index in [2.05, 4.69) is 35.6 Å². The van der Waals surface area contributed by atoms with Crippen LogP contribution in [-0.4, -0.2) is 39.6 Å². The van der Waals surface area contributed by atoms with Crippen LogP contribution >= 0.6 is 0 Å². The lowest BCUT2D eigenvalue weighted by Crippen LogP contribution is -2.05. The molecule has 0 aliphatic heterocycles. The number of anilines is 4. The smallest absolute Gasteiger partial charge is 0.295 e. The Labute approximate surface area is 200 Å². The van der Waals surface area contributed by atoms with Gasteiger partial charge in [-0.05, 0) is 50.3 Å². The molecular weight excluding hydrogens is 476 g/mol. The Kier molecular flexibility index (Phi) is 5.62. The summed E-state index contributed by atoms with van der Waals surface area (Å²) in [6.45, 7) is 3.58. The van der Waals surface area contributed by atoms with Crippen LogP contribution in [0.3, 0.4) is 0 Å². The molecule has 0 unspecified atom stereocenters. The molecule has 3 N–H and O–H groups in total. The molecule has 5 rings (SSSR count). The van der Waals surface area contributed by atoms with Crippen molar-refractivity contribution in [1.82, 2.24) is 24.9 Å². The third kappa shape index (κ3) is 4.92. The fraction of sp³-hybridized carbons (Fsp3) is 0.304.